The van der Waals surface area contributed by atoms with Crippen LogP contribution in [0, 0.1) is 0 Å². The molecule has 0 aliphatic carbocycles. The molecule has 2 aromatic heterocycles. The molecule has 28 heavy (non-hydrogen) atoms. The molecule has 146 valence electrons. The summed E-state index contributed by atoms with van der Waals surface area (Å²) < 4.78 is 12.5. The second-order valence-corrected chi connectivity index (χ2v) is 6.87. The molecule has 2 amide bonds. The van der Waals surface area contributed by atoms with Crippen LogP contribution in [0.4, 0.5) is 5.69 Å². The van der Waals surface area contributed by atoms with Crippen molar-refractivity contribution in [3.05, 3.63) is 48.0 Å². The highest BCUT2D eigenvalue weighted by molar-refractivity contribution is 6.14. The van der Waals surface area contributed by atoms with Gasteiger partial charge in [0, 0.05) is 38.4 Å². The number of aryl methyl sites for hydroxylation is 1. The van der Waals surface area contributed by atoms with Crippen molar-refractivity contribution in [2.24, 2.45) is 7.05 Å². The molecule has 1 N–H and O–H groups in total. The third kappa shape index (κ3) is 3.13. The molecule has 0 spiro atoms. The van der Waals surface area contributed by atoms with Crippen LogP contribution in [0.25, 0.3) is 10.9 Å². The summed E-state index contributed by atoms with van der Waals surface area (Å²) in [5.74, 6) is 1.34. The van der Waals surface area contributed by atoms with Gasteiger partial charge in [0.25, 0.3) is 5.91 Å². The zero-order chi connectivity index (χ0) is 19.7. The number of aromatic nitrogens is 1. The minimum absolute atomic E-state index is 0.0416. The Morgan fingerprint density at radius 2 is 2.18 bits per heavy atom. The molecule has 7 nitrogen and oxygen atoms in total. The van der Waals surface area contributed by atoms with Crippen LogP contribution in [-0.4, -0.2) is 36.6 Å². The average Bonchev–Trinajstić information content (AvgIpc) is 3.41. The molecule has 1 aromatic carbocycles. The summed E-state index contributed by atoms with van der Waals surface area (Å²) in [5.41, 5.74) is 2.03. The third-order valence-corrected chi connectivity index (χ3v) is 5.18. The van der Waals surface area contributed by atoms with Gasteiger partial charge in [0.15, 0.2) is 0 Å². The lowest BCUT2D eigenvalue weighted by atomic mass is 10.2. The first kappa shape index (κ1) is 18.2. The van der Waals surface area contributed by atoms with Crippen molar-refractivity contribution in [1.82, 2.24) is 9.88 Å². The summed E-state index contributed by atoms with van der Waals surface area (Å²) in [6.07, 6.45) is 3.51. The van der Waals surface area contributed by atoms with E-state index in [-0.39, 0.29) is 11.8 Å². The van der Waals surface area contributed by atoms with Gasteiger partial charge >= 0.3 is 0 Å². The van der Waals surface area contributed by atoms with Gasteiger partial charge in [0.2, 0.25) is 5.91 Å². The lowest BCUT2D eigenvalue weighted by Crippen LogP contribution is -2.31. The van der Waals surface area contributed by atoms with E-state index >= 15 is 0 Å². The van der Waals surface area contributed by atoms with Gasteiger partial charge in [-0.3, -0.25) is 9.59 Å². The average molecular weight is 381 g/mol. The summed E-state index contributed by atoms with van der Waals surface area (Å²) in [6, 6.07) is 9.36. The molecule has 4 rings (SSSR count). The van der Waals surface area contributed by atoms with Gasteiger partial charge in [0.05, 0.1) is 24.6 Å². The maximum atomic E-state index is 13.1. The summed E-state index contributed by atoms with van der Waals surface area (Å²) in [6.45, 7) is 1.06. The Hall–Kier alpha value is -3.22. The molecule has 0 unspecified atom stereocenters. The second-order valence-electron chi connectivity index (χ2n) is 6.87. The van der Waals surface area contributed by atoms with Crippen molar-refractivity contribution in [1.29, 1.82) is 0 Å². The number of amides is 2. The number of fused-ring (bicyclic) bond motifs is 1. The summed E-state index contributed by atoms with van der Waals surface area (Å²) >= 11 is 0. The summed E-state index contributed by atoms with van der Waals surface area (Å²) in [7, 11) is 3.45. The van der Waals surface area contributed by atoms with Crippen LogP contribution in [0.5, 0.6) is 5.75 Å². The van der Waals surface area contributed by atoms with Crippen molar-refractivity contribution >= 4 is 28.4 Å². The Balaban J connectivity index is 1.72. The minimum atomic E-state index is -0.209. The van der Waals surface area contributed by atoms with E-state index in [0.717, 1.165) is 23.1 Å². The van der Waals surface area contributed by atoms with Crippen molar-refractivity contribution in [2.75, 3.05) is 25.1 Å². The van der Waals surface area contributed by atoms with E-state index in [0.29, 0.717) is 43.1 Å². The first-order valence-corrected chi connectivity index (χ1v) is 9.37. The fraction of sp³-hybridized carbons (Fsp3) is 0.333. The van der Waals surface area contributed by atoms with E-state index in [2.05, 4.69) is 5.32 Å². The van der Waals surface area contributed by atoms with Crippen LogP contribution < -0.4 is 15.0 Å². The zero-order valence-electron chi connectivity index (χ0n) is 16.0. The number of benzene rings is 1. The standard InChI is InChI=1S/C21H23N3O4/c1-23-17-8-7-15(27-2)13-16(17)19(24-11-3-6-18(24)25)20(23)21(26)22-10-9-14-5-4-12-28-14/h4-5,7-8,12-13H,3,6,9-11H2,1-2H3,(H,22,26). The quantitative estimate of drug-likeness (QED) is 0.712. The lowest BCUT2D eigenvalue weighted by Gasteiger charge is -2.18. The van der Waals surface area contributed by atoms with Crippen molar-refractivity contribution in [3.63, 3.8) is 0 Å². The zero-order valence-corrected chi connectivity index (χ0v) is 16.0. The molecule has 0 atom stereocenters. The van der Waals surface area contributed by atoms with Crippen LogP contribution >= 0.6 is 0 Å². The number of anilines is 1. The maximum absolute atomic E-state index is 13.1. The Labute approximate surface area is 162 Å². The number of hydrogen-bond donors (Lipinski definition) is 1. The van der Waals surface area contributed by atoms with Crippen molar-refractivity contribution < 1.29 is 18.7 Å². The molecule has 0 radical (unpaired) electrons. The Bertz CT molecular complexity index is 1020. The number of methoxy groups -OCH3 is 1. The molecule has 1 aliphatic rings. The number of carbonyl (C=O) groups excluding carboxylic acids is 2. The van der Waals surface area contributed by atoms with Crippen LogP contribution in [0.3, 0.4) is 0 Å². The van der Waals surface area contributed by atoms with E-state index in [1.807, 2.05) is 41.9 Å². The summed E-state index contributed by atoms with van der Waals surface area (Å²) in [4.78, 5) is 27.3. The first-order valence-electron chi connectivity index (χ1n) is 9.37. The van der Waals surface area contributed by atoms with Crippen molar-refractivity contribution in [2.45, 2.75) is 19.3 Å². The predicted octanol–water partition coefficient (Wildman–Crippen LogP) is 2.88. The first-order chi connectivity index (χ1) is 13.6. The minimum Gasteiger partial charge on any atom is -0.497 e. The molecule has 0 bridgehead atoms. The normalized spacial score (nSPS) is 14.1. The van der Waals surface area contributed by atoms with E-state index in [4.69, 9.17) is 9.15 Å². The number of ether oxygens (including phenoxy) is 1. The second kappa shape index (κ2) is 7.42. The lowest BCUT2D eigenvalue weighted by molar-refractivity contribution is -0.117. The fourth-order valence-electron chi connectivity index (χ4n) is 3.79. The van der Waals surface area contributed by atoms with E-state index in [1.165, 1.54) is 0 Å². The predicted molar refractivity (Wildman–Crippen MR) is 106 cm³/mol. The van der Waals surface area contributed by atoms with Gasteiger partial charge in [-0.15, -0.1) is 0 Å². The topological polar surface area (TPSA) is 76.7 Å². The highest BCUT2D eigenvalue weighted by atomic mass is 16.5. The maximum Gasteiger partial charge on any atom is 0.270 e. The van der Waals surface area contributed by atoms with Crippen LogP contribution in [0.15, 0.2) is 41.0 Å². The Morgan fingerprint density at radius 3 is 2.86 bits per heavy atom. The number of furan rings is 1. The highest BCUT2D eigenvalue weighted by Crippen LogP contribution is 2.37. The van der Waals surface area contributed by atoms with Gasteiger partial charge in [-0.25, -0.2) is 0 Å². The SMILES string of the molecule is COc1ccc2c(c1)c(N1CCCC1=O)c(C(=O)NCCc1ccco1)n2C. The van der Waals surface area contributed by atoms with Crippen LogP contribution in [0.2, 0.25) is 0 Å². The number of nitrogens with zero attached hydrogens (tertiary/aromatic N) is 2. The third-order valence-electron chi connectivity index (χ3n) is 5.18. The molecule has 3 aromatic rings. The summed E-state index contributed by atoms with van der Waals surface area (Å²) in [5, 5.41) is 3.80. The number of hydrogen-bond acceptors (Lipinski definition) is 4. The molecule has 3 heterocycles. The van der Waals surface area contributed by atoms with E-state index < -0.39 is 0 Å². The van der Waals surface area contributed by atoms with Gasteiger partial charge in [-0.1, -0.05) is 0 Å². The Kier molecular flexibility index (Phi) is 4.81. The van der Waals surface area contributed by atoms with E-state index in [9.17, 15) is 9.59 Å². The van der Waals surface area contributed by atoms with Crippen molar-refractivity contribution in [3.8, 4) is 5.75 Å². The molecule has 1 saturated heterocycles. The molecule has 7 heteroatoms. The Morgan fingerprint density at radius 1 is 1.32 bits per heavy atom. The van der Waals surface area contributed by atoms with Gasteiger partial charge < -0.3 is 23.9 Å². The monoisotopic (exact) mass is 381 g/mol. The molecule has 1 aliphatic heterocycles. The molecule has 0 saturated carbocycles. The largest absolute Gasteiger partial charge is 0.497 e. The smallest absolute Gasteiger partial charge is 0.270 e. The number of nitrogens with one attached hydrogen (secondary N) is 1. The number of carbonyl (C=O) groups is 2. The fourth-order valence-corrected chi connectivity index (χ4v) is 3.79. The number of rotatable bonds is 6. The van der Waals surface area contributed by atoms with Gasteiger partial charge in [-0.05, 0) is 36.8 Å². The molecular weight excluding hydrogens is 358 g/mol. The van der Waals surface area contributed by atoms with Gasteiger partial charge in [-0.2, -0.15) is 0 Å². The van der Waals surface area contributed by atoms with E-state index in [1.54, 1.807) is 18.3 Å². The van der Waals surface area contributed by atoms with Gasteiger partial charge in [0.1, 0.15) is 17.2 Å². The molecular formula is C21H23N3O4. The van der Waals surface area contributed by atoms with Crippen LogP contribution in [0.1, 0.15) is 29.1 Å². The van der Waals surface area contributed by atoms with Crippen LogP contribution in [-0.2, 0) is 18.3 Å². The molecule has 1 fully saturated rings. The highest BCUT2D eigenvalue weighted by Gasteiger charge is 2.31.